The minimum absolute atomic E-state index is 0.115. The van der Waals surface area contributed by atoms with Crippen molar-refractivity contribution >= 4 is 11.5 Å². The molecule has 1 heterocycles. The molecule has 3 rings (SSSR count). The van der Waals surface area contributed by atoms with Crippen LogP contribution >= 0.6 is 0 Å². The zero-order valence-electron chi connectivity index (χ0n) is 15.5. The Bertz CT molecular complexity index is 898. The highest BCUT2D eigenvalue weighted by Crippen LogP contribution is 2.44. The van der Waals surface area contributed by atoms with Gasteiger partial charge in [0.15, 0.2) is 0 Å². The fourth-order valence-electron chi connectivity index (χ4n) is 3.33. The molecule has 9 heteroatoms. The molecular weight excluding hydrogens is 384 g/mol. The molecule has 1 saturated carbocycles. The van der Waals surface area contributed by atoms with Crippen LogP contribution in [0, 0.1) is 10.1 Å². The Balaban J connectivity index is 2.07. The lowest BCUT2D eigenvalue weighted by atomic mass is 9.86. The summed E-state index contributed by atoms with van der Waals surface area (Å²) in [7, 11) is 0. The van der Waals surface area contributed by atoms with Crippen LogP contribution in [-0.4, -0.2) is 32.1 Å². The molecule has 0 radical (unpaired) electrons. The van der Waals surface area contributed by atoms with Gasteiger partial charge in [-0.1, -0.05) is 36.4 Å². The highest BCUT2D eigenvalue weighted by Gasteiger charge is 2.49. The summed E-state index contributed by atoms with van der Waals surface area (Å²) in [5, 5.41) is 32.0. The molecule has 1 aromatic carbocycles. The van der Waals surface area contributed by atoms with Gasteiger partial charge in [0.1, 0.15) is 5.69 Å². The number of hydrogen-bond acceptors (Lipinski definition) is 6. The van der Waals surface area contributed by atoms with Crippen LogP contribution in [0.15, 0.2) is 55.1 Å². The molecule has 7 nitrogen and oxygen atoms in total. The van der Waals surface area contributed by atoms with Crippen molar-refractivity contribution in [2.45, 2.75) is 43.6 Å². The summed E-state index contributed by atoms with van der Waals surface area (Å²) in [5.41, 5.74) is 0.144. The number of rotatable bonds is 8. The van der Waals surface area contributed by atoms with Gasteiger partial charge in [0.25, 0.3) is 5.92 Å². The van der Waals surface area contributed by atoms with Crippen molar-refractivity contribution in [2.75, 3.05) is 4.90 Å². The minimum atomic E-state index is -2.84. The molecule has 0 spiro atoms. The van der Waals surface area contributed by atoms with E-state index in [2.05, 4.69) is 11.6 Å². The fraction of sp³-hybridized carbons (Fsp3) is 0.350. The highest BCUT2D eigenvalue weighted by molar-refractivity contribution is 5.60. The van der Waals surface area contributed by atoms with Gasteiger partial charge >= 0.3 is 5.69 Å². The Morgan fingerprint density at radius 1 is 1.28 bits per heavy atom. The Hall–Kier alpha value is -2.91. The first-order valence-electron chi connectivity index (χ1n) is 9.03. The van der Waals surface area contributed by atoms with Crippen molar-refractivity contribution in [1.82, 2.24) is 4.98 Å². The van der Waals surface area contributed by atoms with Crippen LogP contribution in [0.2, 0.25) is 0 Å². The summed E-state index contributed by atoms with van der Waals surface area (Å²) in [6, 6.07) is 10.5. The molecule has 1 aromatic heterocycles. The second kappa shape index (κ2) is 7.84. The topological polar surface area (TPSA) is 99.7 Å². The molecule has 29 heavy (non-hydrogen) atoms. The average molecular weight is 405 g/mol. The summed E-state index contributed by atoms with van der Waals surface area (Å²) in [6.07, 6.45) is 0.103. The van der Waals surface area contributed by atoms with Gasteiger partial charge in [-0.25, -0.2) is 13.8 Å². The molecule has 1 fully saturated rings. The van der Waals surface area contributed by atoms with Gasteiger partial charge in [0.05, 0.1) is 4.92 Å². The van der Waals surface area contributed by atoms with Crippen molar-refractivity contribution in [3.05, 3.63) is 76.5 Å². The standard InChI is InChI=1S/C20H21F2N3O4/c1-2-10-20(26,27)17-9-8-16(25(28)29)18(23-17)24(15-11-19(21,22)12-15)13-14-6-4-3-5-7-14/h2-9,15,26-27H,1,10-13H2. The third-order valence-corrected chi connectivity index (χ3v) is 4.87. The molecule has 1 aliphatic rings. The smallest absolute Gasteiger partial charge is 0.311 e. The number of halogens is 2. The van der Waals surface area contributed by atoms with E-state index < -0.39 is 41.2 Å². The lowest BCUT2D eigenvalue weighted by molar-refractivity contribution is -0.384. The summed E-state index contributed by atoms with van der Waals surface area (Å²) in [4.78, 5) is 16.5. The maximum atomic E-state index is 13.6. The van der Waals surface area contributed by atoms with Gasteiger partial charge in [0.2, 0.25) is 11.6 Å². The van der Waals surface area contributed by atoms with Crippen LogP contribution in [0.4, 0.5) is 20.3 Å². The number of anilines is 1. The number of hydrogen-bond donors (Lipinski definition) is 2. The Labute approximate surface area is 166 Å². The van der Waals surface area contributed by atoms with Crippen molar-refractivity contribution < 1.29 is 23.9 Å². The third kappa shape index (κ3) is 4.57. The molecule has 154 valence electrons. The Morgan fingerprint density at radius 3 is 2.48 bits per heavy atom. The Morgan fingerprint density at radius 2 is 1.93 bits per heavy atom. The second-order valence-corrected chi connectivity index (χ2v) is 7.14. The largest absolute Gasteiger partial charge is 0.361 e. The van der Waals surface area contributed by atoms with Gasteiger partial charge in [0, 0.05) is 37.9 Å². The van der Waals surface area contributed by atoms with E-state index in [0.717, 1.165) is 17.7 Å². The number of benzene rings is 1. The second-order valence-electron chi connectivity index (χ2n) is 7.14. The summed E-state index contributed by atoms with van der Waals surface area (Å²) in [5.74, 6) is -5.39. The third-order valence-electron chi connectivity index (χ3n) is 4.87. The van der Waals surface area contributed by atoms with Crippen molar-refractivity contribution in [1.29, 1.82) is 0 Å². The SMILES string of the molecule is C=CCC(O)(O)c1ccc([N+](=O)[O-])c(N(Cc2ccccc2)C2CC(F)(F)C2)n1. The molecule has 2 aromatic rings. The van der Waals surface area contributed by atoms with E-state index in [1.54, 1.807) is 30.3 Å². The molecule has 0 amide bonds. The Kier molecular flexibility index (Phi) is 5.63. The first-order valence-corrected chi connectivity index (χ1v) is 9.03. The first-order chi connectivity index (χ1) is 13.6. The molecule has 0 saturated heterocycles. The van der Waals surface area contributed by atoms with E-state index in [4.69, 9.17) is 0 Å². The monoisotopic (exact) mass is 405 g/mol. The maximum Gasteiger partial charge on any atom is 0.311 e. The number of nitro groups is 1. The van der Waals surface area contributed by atoms with Crippen molar-refractivity contribution in [3.8, 4) is 0 Å². The molecule has 0 unspecified atom stereocenters. The van der Waals surface area contributed by atoms with Crippen molar-refractivity contribution in [3.63, 3.8) is 0 Å². The number of alkyl halides is 2. The van der Waals surface area contributed by atoms with E-state index in [-0.39, 0.29) is 24.5 Å². The zero-order chi connectivity index (χ0) is 21.2. The van der Waals surface area contributed by atoms with Gasteiger partial charge in [-0.3, -0.25) is 10.1 Å². The van der Waals surface area contributed by atoms with Gasteiger partial charge in [-0.2, -0.15) is 0 Å². The van der Waals surface area contributed by atoms with E-state index in [9.17, 15) is 29.1 Å². The van der Waals surface area contributed by atoms with Gasteiger partial charge < -0.3 is 15.1 Å². The summed E-state index contributed by atoms with van der Waals surface area (Å²) < 4.78 is 27.1. The maximum absolute atomic E-state index is 13.6. The number of aliphatic hydroxyl groups is 2. The zero-order valence-corrected chi connectivity index (χ0v) is 15.5. The van der Waals surface area contributed by atoms with E-state index in [1.165, 1.54) is 11.0 Å². The normalized spacial score (nSPS) is 16.1. The van der Waals surface area contributed by atoms with Crippen molar-refractivity contribution in [2.24, 2.45) is 0 Å². The van der Waals surface area contributed by atoms with Crippen LogP contribution in [0.1, 0.15) is 30.5 Å². The molecular formula is C20H21F2N3O4. The molecule has 0 atom stereocenters. The lowest BCUT2D eigenvalue weighted by Crippen LogP contribution is -2.51. The van der Waals surface area contributed by atoms with Crippen LogP contribution in [0.3, 0.4) is 0 Å². The van der Waals surface area contributed by atoms with Crippen LogP contribution in [0.25, 0.3) is 0 Å². The summed E-state index contributed by atoms with van der Waals surface area (Å²) in [6.45, 7) is 3.56. The molecule has 0 aliphatic heterocycles. The van der Waals surface area contributed by atoms with Crippen LogP contribution in [0.5, 0.6) is 0 Å². The number of aromatic nitrogens is 1. The predicted octanol–water partition coefficient (Wildman–Crippen LogP) is 3.51. The van der Waals surface area contributed by atoms with Crippen LogP contribution in [-0.2, 0) is 12.3 Å². The quantitative estimate of drug-likeness (QED) is 0.302. The average Bonchev–Trinajstić information content (AvgIpc) is 2.64. The van der Waals surface area contributed by atoms with E-state index in [1.807, 2.05) is 0 Å². The highest BCUT2D eigenvalue weighted by atomic mass is 19.3. The van der Waals surface area contributed by atoms with E-state index >= 15 is 0 Å². The minimum Gasteiger partial charge on any atom is -0.361 e. The lowest BCUT2D eigenvalue weighted by Gasteiger charge is -2.43. The fourth-order valence-corrected chi connectivity index (χ4v) is 3.33. The molecule has 2 N–H and O–H groups in total. The first kappa shape index (κ1) is 20.8. The van der Waals surface area contributed by atoms with Gasteiger partial charge in [-0.15, -0.1) is 6.58 Å². The van der Waals surface area contributed by atoms with E-state index in [0.29, 0.717) is 0 Å². The predicted molar refractivity (Wildman–Crippen MR) is 102 cm³/mol. The number of nitrogens with zero attached hydrogens (tertiary/aromatic N) is 3. The van der Waals surface area contributed by atoms with Gasteiger partial charge in [-0.05, 0) is 11.6 Å². The summed E-state index contributed by atoms with van der Waals surface area (Å²) >= 11 is 0. The number of pyridine rings is 1. The van der Waals surface area contributed by atoms with Crippen LogP contribution < -0.4 is 4.90 Å². The molecule has 1 aliphatic carbocycles. The molecule has 0 bridgehead atoms.